The number of hydrogen-bond acceptors (Lipinski definition) is 2. The zero-order valence-corrected chi connectivity index (χ0v) is 15.6. The van der Waals surface area contributed by atoms with Gasteiger partial charge in [-0.05, 0) is 63.0 Å². The molecule has 6 heteroatoms. The largest absolute Gasteiger partial charge is 0.338 e. The summed E-state index contributed by atoms with van der Waals surface area (Å²) in [5, 5.41) is 7.34. The molecule has 1 aliphatic heterocycles. The van der Waals surface area contributed by atoms with Crippen LogP contribution in [0.1, 0.15) is 65.3 Å². The van der Waals surface area contributed by atoms with Crippen molar-refractivity contribution in [3.8, 4) is 0 Å². The van der Waals surface area contributed by atoms with Crippen molar-refractivity contribution in [3.05, 3.63) is 52.3 Å². The maximum atomic E-state index is 13.9. The third-order valence-corrected chi connectivity index (χ3v) is 5.80. The first-order valence-electron chi connectivity index (χ1n) is 9.81. The van der Waals surface area contributed by atoms with Crippen LogP contribution in [0.5, 0.6) is 0 Å². The number of rotatable bonds is 5. The second-order valence-corrected chi connectivity index (χ2v) is 7.92. The zero-order valence-electron chi connectivity index (χ0n) is 15.6. The Kier molecular flexibility index (Phi) is 4.98. The number of carbonyl (C=O) groups is 1. The molecule has 1 saturated carbocycles. The van der Waals surface area contributed by atoms with Gasteiger partial charge in [0.1, 0.15) is 11.6 Å². The van der Waals surface area contributed by atoms with Crippen LogP contribution in [-0.2, 0) is 6.42 Å². The van der Waals surface area contributed by atoms with Gasteiger partial charge in [-0.1, -0.05) is 6.07 Å². The van der Waals surface area contributed by atoms with Crippen LogP contribution in [0.4, 0.5) is 8.78 Å². The van der Waals surface area contributed by atoms with E-state index in [1.807, 2.05) is 11.8 Å². The van der Waals surface area contributed by atoms with Crippen molar-refractivity contribution in [3.63, 3.8) is 0 Å². The van der Waals surface area contributed by atoms with E-state index in [0.717, 1.165) is 61.7 Å². The molecule has 2 aliphatic rings. The first-order valence-corrected chi connectivity index (χ1v) is 9.81. The summed E-state index contributed by atoms with van der Waals surface area (Å²) in [7, 11) is 0. The number of benzene rings is 1. The SMILES string of the molecule is Cc1[nH]nc(C2CC2)c1C(=O)N1CCC[C@@H](CCc2ccc(F)cc2F)C1. The molecule has 2 aromatic rings. The monoisotopic (exact) mass is 373 g/mol. The number of nitrogens with zero attached hydrogens (tertiary/aromatic N) is 2. The van der Waals surface area contributed by atoms with Crippen LogP contribution in [0.25, 0.3) is 0 Å². The fourth-order valence-electron chi connectivity index (χ4n) is 4.10. The molecule has 0 bridgehead atoms. The molecule has 1 aromatic carbocycles. The Labute approximate surface area is 158 Å². The van der Waals surface area contributed by atoms with Gasteiger partial charge in [0.05, 0.1) is 11.3 Å². The molecule has 1 N–H and O–H groups in total. The van der Waals surface area contributed by atoms with Crippen molar-refractivity contribution in [1.82, 2.24) is 15.1 Å². The standard InChI is InChI=1S/C21H25F2N3O/c1-13-19(20(25-24-13)16-6-7-16)21(27)26-10-2-3-14(12-26)4-5-15-8-9-17(22)11-18(15)23/h8-9,11,14,16H,2-7,10,12H2,1H3,(H,24,25)/t14-/m0/s1. The van der Waals surface area contributed by atoms with Gasteiger partial charge in [0, 0.05) is 30.8 Å². The highest BCUT2D eigenvalue weighted by Crippen LogP contribution is 2.41. The average molecular weight is 373 g/mol. The molecule has 4 nitrogen and oxygen atoms in total. The average Bonchev–Trinajstić information content (AvgIpc) is 3.43. The van der Waals surface area contributed by atoms with E-state index in [0.29, 0.717) is 30.4 Å². The number of carbonyl (C=O) groups excluding carboxylic acids is 1. The van der Waals surface area contributed by atoms with Crippen LogP contribution >= 0.6 is 0 Å². The molecule has 2 fully saturated rings. The quantitative estimate of drug-likeness (QED) is 0.847. The molecule has 1 atom stereocenters. The molecule has 1 amide bonds. The van der Waals surface area contributed by atoms with Crippen LogP contribution in [0.15, 0.2) is 18.2 Å². The van der Waals surface area contributed by atoms with Crippen molar-refractivity contribution in [2.24, 2.45) is 5.92 Å². The maximum Gasteiger partial charge on any atom is 0.257 e. The highest BCUT2D eigenvalue weighted by Gasteiger charge is 2.34. The summed E-state index contributed by atoms with van der Waals surface area (Å²) in [4.78, 5) is 15.0. The fourth-order valence-corrected chi connectivity index (χ4v) is 4.10. The number of likely N-dealkylation sites (tertiary alicyclic amines) is 1. The number of aryl methyl sites for hydroxylation is 2. The first kappa shape index (κ1) is 18.1. The van der Waals surface area contributed by atoms with Crippen molar-refractivity contribution < 1.29 is 13.6 Å². The number of piperidine rings is 1. The molecular weight excluding hydrogens is 348 g/mol. The number of aromatic nitrogens is 2. The third kappa shape index (κ3) is 3.89. The van der Waals surface area contributed by atoms with Crippen LogP contribution in [0.3, 0.4) is 0 Å². The second-order valence-electron chi connectivity index (χ2n) is 7.92. The topological polar surface area (TPSA) is 49.0 Å². The Balaban J connectivity index is 1.40. The van der Waals surface area contributed by atoms with Gasteiger partial charge in [0.15, 0.2) is 0 Å². The minimum Gasteiger partial charge on any atom is -0.338 e. The summed E-state index contributed by atoms with van der Waals surface area (Å²) in [6, 6.07) is 3.76. The van der Waals surface area contributed by atoms with Gasteiger partial charge in [-0.25, -0.2) is 8.78 Å². The van der Waals surface area contributed by atoms with Crippen LogP contribution < -0.4 is 0 Å². The summed E-state index contributed by atoms with van der Waals surface area (Å²) in [5.74, 6) is -0.199. The van der Waals surface area contributed by atoms with E-state index in [1.54, 1.807) is 0 Å². The molecule has 0 spiro atoms. The molecule has 1 saturated heterocycles. The highest BCUT2D eigenvalue weighted by molar-refractivity contribution is 5.96. The van der Waals surface area contributed by atoms with Gasteiger partial charge >= 0.3 is 0 Å². The number of aromatic amines is 1. The van der Waals surface area contributed by atoms with Gasteiger partial charge in [-0.3, -0.25) is 9.89 Å². The van der Waals surface area contributed by atoms with Gasteiger partial charge < -0.3 is 4.90 Å². The Morgan fingerprint density at radius 1 is 1.30 bits per heavy atom. The summed E-state index contributed by atoms with van der Waals surface area (Å²) >= 11 is 0. The van der Waals surface area contributed by atoms with E-state index in [1.165, 1.54) is 12.1 Å². The Morgan fingerprint density at radius 3 is 2.85 bits per heavy atom. The van der Waals surface area contributed by atoms with Gasteiger partial charge in [0.2, 0.25) is 0 Å². The number of hydrogen-bond donors (Lipinski definition) is 1. The number of halogens is 2. The van der Waals surface area contributed by atoms with Gasteiger partial charge in [0.25, 0.3) is 5.91 Å². The van der Waals surface area contributed by atoms with Gasteiger partial charge in [-0.15, -0.1) is 0 Å². The summed E-state index contributed by atoms with van der Waals surface area (Å²) in [5.41, 5.74) is 3.06. The van der Waals surface area contributed by atoms with Crippen LogP contribution in [0, 0.1) is 24.5 Å². The lowest BCUT2D eigenvalue weighted by molar-refractivity contribution is 0.0666. The third-order valence-electron chi connectivity index (χ3n) is 5.80. The Morgan fingerprint density at radius 2 is 2.11 bits per heavy atom. The van der Waals surface area contributed by atoms with Gasteiger partial charge in [-0.2, -0.15) is 5.10 Å². The minimum absolute atomic E-state index is 0.0702. The highest BCUT2D eigenvalue weighted by atomic mass is 19.1. The van der Waals surface area contributed by atoms with E-state index < -0.39 is 11.6 Å². The molecule has 27 heavy (non-hydrogen) atoms. The molecular formula is C21H25F2N3O. The predicted octanol–water partition coefficient (Wildman–Crippen LogP) is 4.36. The van der Waals surface area contributed by atoms with E-state index in [4.69, 9.17) is 0 Å². The van der Waals surface area contributed by atoms with Crippen LogP contribution in [-0.4, -0.2) is 34.1 Å². The number of nitrogens with one attached hydrogen (secondary N) is 1. The summed E-state index contributed by atoms with van der Waals surface area (Å²) in [6.07, 6.45) is 5.57. The molecule has 0 unspecified atom stereocenters. The lowest BCUT2D eigenvalue weighted by Gasteiger charge is -2.33. The lowest BCUT2D eigenvalue weighted by atomic mass is 9.91. The molecule has 4 rings (SSSR count). The molecule has 1 aliphatic carbocycles. The number of H-pyrrole nitrogens is 1. The second kappa shape index (κ2) is 7.41. The first-order chi connectivity index (χ1) is 13.0. The molecule has 1 aromatic heterocycles. The number of amides is 1. The molecule has 2 heterocycles. The van der Waals surface area contributed by atoms with E-state index in [9.17, 15) is 13.6 Å². The van der Waals surface area contributed by atoms with E-state index in [-0.39, 0.29) is 5.91 Å². The van der Waals surface area contributed by atoms with Crippen molar-refractivity contribution in [2.75, 3.05) is 13.1 Å². The smallest absolute Gasteiger partial charge is 0.257 e. The predicted molar refractivity (Wildman–Crippen MR) is 98.6 cm³/mol. The van der Waals surface area contributed by atoms with Crippen molar-refractivity contribution >= 4 is 5.91 Å². The van der Waals surface area contributed by atoms with Crippen molar-refractivity contribution in [1.29, 1.82) is 0 Å². The summed E-state index contributed by atoms with van der Waals surface area (Å²) in [6.45, 7) is 3.36. The zero-order chi connectivity index (χ0) is 19.0. The Bertz CT molecular complexity index is 844. The fraction of sp³-hybridized carbons (Fsp3) is 0.524. The van der Waals surface area contributed by atoms with Crippen molar-refractivity contribution in [2.45, 2.75) is 51.4 Å². The minimum atomic E-state index is -0.548. The summed E-state index contributed by atoms with van der Waals surface area (Å²) < 4.78 is 26.9. The molecule has 144 valence electrons. The van der Waals surface area contributed by atoms with E-state index in [2.05, 4.69) is 10.2 Å². The van der Waals surface area contributed by atoms with E-state index >= 15 is 0 Å². The maximum absolute atomic E-state index is 13.9. The van der Waals surface area contributed by atoms with Crippen LogP contribution in [0.2, 0.25) is 0 Å². The lowest BCUT2D eigenvalue weighted by Crippen LogP contribution is -2.40. The Hall–Kier alpha value is -2.24. The molecule has 0 radical (unpaired) electrons. The normalized spacial score (nSPS) is 20.1.